The van der Waals surface area contributed by atoms with Crippen molar-refractivity contribution in [2.24, 2.45) is 0 Å². The van der Waals surface area contributed by atoms with Gasteiger partial charge in [-0.3, -0.25) is 14.4 Å². The van der Waals surface area contributed by atoms with Gasteiger partial charge in [-0.25, -0.2) is 4.98 Å². The first-order chi connectivity index (χ1) is 12.3. The molecule has 0 spiro atoms. The lowest BCUT2D eigenvalue weighted by Crippen LogP contribution is -2.20. The van der Waals surface area contributed by atoms with E-state index in [9.17, 15) is 14.4 Å². The van der Waals surface area contributed by atoms with Gasteiger partial charge in [0.2, 0.25) is 11.8 Å². The second-order valence-electron chi connectivity index (χ2n) is 5.56. The van der Waals surface area contributed by atoms with Crippen LogP contribution in [0.15, 0.2) is 28.2 Å². The zero-order valence-corrected chi connectivity index (χ0v) is 16.2. The summed E-state index contributed by atoms with van der Waals surface area (Å²) in [4.78, 5) is 42.2. The van der Waals surface area contributed by atoms with Crippen molar-refractivity contribution in [3.05, 3.63) is 44.8 Å². The van der Waals surface area contributed by atoms with Crippen LogP contribution in [0.4, 0.5) is 11.4 Å². The first-order valence-electron chi connectivity index (χ1n) is 7.81. The average Bonchev–Trinajstić information content (AvgIpc) is 2.56. The van der Waals surface area contributed by atoms with Crippen LogP contribution >= 0.6 is 23.4 Å². The fraction of sp³-hybridized carbons (Fsp3) is 0.294. The van der Waals surface area contributed by atoms with E-state index in [1.807, 2.05) is 6.26 Å². The number of hydrogen-bond donors (Lipinski definition) is 3. The highest BCUT2D eigenvalue weighted by Gasteiger charge is 2.11. The number of nitrogens with zero attached hydrogens (tertiary/aromatic N) is 1. The molecule has 9 heteroatoms. The van der Waals surface area contributed by atoms with Gasteiger partial charge in [0.25, 0.3) is 5.56 Å². The van der Waals surface area contributed by atoms with E-state index < -0.39 is 0 Å². The Morgan fingerprint density at radius 3 is 2.62 bits per heavy atom. The van der Waals surface area contributed by atoms with Crippen LogP contribution in [0.3, 0.4) is 0 Å². The fourth-order valence-corrected chi connectivity index (χ4v) is 2.97. The van der Waals surface area contributed by atoms with Gasteiger partial charge >= 0.3 is 0 Å². The van der Waals surface area contributed by atoms with Crippen molar-refractivity contribution >= 4 is 46.6 Å². The molecular formula is C17H19ClN4O3S. The number of aromatic amines is 1. The van der Waals surface area contributed by atoms with Gasteiger partial charge in [0.05, 0.1) is 10.7 Å². The van der Waals surface area contributed by atoms with E-state index in [-0.39, 0.29) is 30.2 Å². The van der Waals surface area contributed by atoms with E-state index in [2.05, 4.69) is 20.6 Å². The minimum Gasteiger partial charge on any atom is -0.326 e. The molecule has 0 atom stereocenters. The molecule has 3 N–H and O–H groups in total. The predicted molar refractivity (Wildman–Crippen MR) is 104 cm³/mol. The van der Waals surface area contributed by atoms with Crippen LogP contribution in [0.5, 0.6) is 0 Å². The molecule has 1 aromatic heterocycles. The minimum absolute atomic E-state index is 0.134. The van der Waals surface area contributed by atoms with Crippen molar-refractivity contribution in [2.75, 3.05) is 16.9 Å². The van der Waals surface area contributed by atoms with Gasteiger partial charge in [-0.1, -0.05) is 23.4 Å². The number of rotatable bonds is 6. The smallest absolute Gasteiger partial charge is 0.254 e. The highest BCUT2D eigenvalue weighted by atomic mass is 35.5. The zero-order valence-electron chi connectivity index (χ0n) is 14.6. The maximum absolute atomic E-state index is 12.1. The summed E-state index contributed by atoms with van der Waals surface area (Å²) in [5.74, 6) is -0.480. The van der Waals surface area contributed by atoms with Crippen molar-refractivity contribution in [1.82, 2.24) is 9.97 Å². The number of amides is 2. The van der Waals surface area contributed by atoms with Crippen molar-refractivity contribution in [1.29, 1.82) is 0 Å². The van der Waals surface area contributed by atoms with E-state index in [0.717, 1.165) is 0 Å². The van der Waals surface area contributed by atoms with Gasteiger partial charge in [-0.2, -0.15) is 0 Å². The van der Waals surface area contributed by atoms with Crippen molar-refractivity contribution in [2.45, 2.75) is 31.8 Å². The van der Waals surface area contributed by atoms with Crippen molar-refractivity contribution in [3.8, 4) is 0 Å². The Balaban J connectivity index is 2.00. The summed E-state index contributed by atoms with van der Waals surface area (Å²) in [7, 11) is 0. The Morgan fingerprint density at radius 1 is 1.31 bits per heavy atom. The SMILES string of the molecule is CSc1nc(C)c(CCC(=O)Nc2ccc(NC(C)=O)c(Cl)c2)c(=O)[nH]1. The second-order valence-corrected chi connectivity index (χ2v) is 6.77. The first kappa shape index (κ1) is 20.0. The summed E-state index contributed by atoms with van der Waals surface area (Å²) in [5, 5.41) is 6.19. The van der Waals surface area contributed by atoms with E-state index in [4.69, 9.17) is 11.6 Å². The lowest BCUT2D eigenvalue weighted by molar-refractivity contribution is -0.116. The van der Waals surface area contributed by atoms with Crippen LogP contribution in [-0.4, -0.2) is 28.0 Å². The van der Waals surface area contributed by atoms with Gasteiger partial charge in [0, 0.05) is 30.3 Å². The molecule has 2 aromatic rings. The maximum Gasteiger partial charge on any atom is 0.254 e. The van der Waals surface area contributed by atoms with Crippen molar-refractivity contribution < 1.29 is 9.59 Å². The minimum atomic E-state index is -0.249. The second kappa shape index (κ2) is 8.86. The molecule has 0 aliphatic heterocycles. The zero-order chi connectivity index (χ0) is 19.3. The Bertz CT molecular complexity index is 898. The number of carbonyl (C=O) groups excluding carboxylic acids is 2. The predicted octanol–water partition coefficient (Wildman–Crippen LogP) is 2.98. The number of aryl methyl sites for hydroxylation is 1. The third-order valence-electron chi connectivity index (χ3n) is 3.56. The molecule has 0 aliphatic rings. The number of aromatic nitrogens is 2. The largest absolute Gasteiger partial charge is 0.326 e. The summed E-state index contributed by atoms with van der Waals surface area (Å²) in [5.41, 5.74) is 1.87. The number of hydrogen-bond acceptors (Lipinski definition) is 5. The number of benzene rings is 1. The van der Waals surface area contributed by atoms with E-state index in [1.54, 1.807) is 25.1 Å². The van der Waals surface area contributed by atoms with Crippen LogP contribution in [0.2, 0.25) is 5.02 Å². The third-order valence-corrected chi connectivity index (χ3v) is 4.45. The average molecular weight is 395 g/mol. The van der Waals surface area contributed by atoms with Gasteiger partial charge in [0.1, 0.15) is 0 Å². The molecule has 0 aliphatic carbocycles. The molecule has 0 saturated heterocycles. The van der Waals surface area contributed by atoms with Crippen molar-refractivity contribution in [3.63, 3.8) is 0 Å². The lowest BCUT2D eigenvalue weighted by Gasteiger charge is -2.09. The molecule has 2 amide bonds. The molecule has 138 valence electrons. The Labute approximate surface area is 159 Å². The number of carbonyl (C=O) groups is 2. The number of anilines is 2. The normalized spacial score (nSPS) is 10.5. The summed E-state index contributed by atoms with van der Waals surface area (Å²) in [6.45, 7) is 3.14. The molecular weight excluding hydrogens is 376 g/mol. The molecule has 1 heterocycles. The molecule has 26 heavy (non-hydrogen) atoms. The molecule has 7 nitrogen and oxygen atoms in total. The van der Waals surface area contributed by atoms with E-state index in [1.165, 1.54) is 18.7 Å². The van der Waals surface area contributed by atoms with E-state index in [0.29, 0.717) is 32.8 Å². The maximum atomic E-state index is 12.1. The summed E-state index contributed by atoms with van der Waals surface area (Å²) >= 11 is 7.43. The monoisotopic (exact) mass is 394 g/mol. The standard InChI is InChI=1S/C17H19ClN4O3S/c1-9-12(16(25)22-17(19-9)26-3)5-7-15(24)21-11-4-6-14(13(18)8-11)20-10(2)23/h4,6,8H,5,7H2,1-3H3,(H,20,23)(H,21,24)(H,19,22,25). The van der Waals surface area contributed by atoms with Crippen LogP contribution in [-0.2, 0) is 16.0 Å². The van der Waals surface area contributed by atoms with E-state index >= 15 is 0 Å². The summed E-state index contributed by atoms with van der Waals surface area (Å²) in [6, 6.07) is 4.80. The molecule has 0 bridgehead atoms. The fourth-order valence-electron chi connectivity index (χ4n) is 2.32. The highest BCUT2D eigenvalue weighted by molar-refractivity contribution is 7.98. The van der Waals surface area contributed by atoms with Crippen LogP contribution in [0, 0.1) is 6.92 Å². The van der Waals surface area contributed by atoms with Gasteiger partial charge < -0.3 is 15.6 Å². The summed E-state index contributed by atoms with van der Waals surface area (Å²) < 4.78 is 0. The van der Waals surface area contributed by atoms with Crippen LogP contribution in [0.25, 0.3) is 0 Å². The number of thioether (sulfide) groups is 1. The molecule has 2 rings (SSSR count). The number of H-pyrrole nitrogens is 1. The Kier molecular flexibility index (Phi) is 6.82. The first-order valence-corrected chi connectivity index (χ1v) is 9.41. The van der Waals surface area contributed by atoms with Crippen LogP contribution in [0.1, 0.15) is 24.6 Å². The van der Waals surface area contributed by atoms with Gasteiger partial charge in [-0.15, -0.1) is 0 Å². The van der Waals surface area contributed by atoms with Gasteiger partial charge in [-0.05, 0) is 37.8 Å². The third kappa shape index (κ3) is 5.34. The summed E-state index contributed by atoms with van der Waals surface area (Å²) in [6.07, 6.45) is 2.24. The Morgan fingerprint density at radius 2 is 2.04 bits per heavy atom. The lowest BCUT2D eigenvalue weighted by atomic mass is 10.1. The quantitative estimate of drug-likeness (QED) is 0.516. The number of nitrogens with one attached hydrogen (secondary N) is 3. The topological polar surface area (TPSA) is 104 Å². The molecule has 0 radical (unpaired) electrons. The van der Waals surface area contributed by atoms with Gasteiger partial charge in [0.15, 0.2) is 5.16 Å². The molecule has 0 unspecified atom stereocenters. The molecule has 0 saturated carbocycles. The Hall–Kier alpha value is -2.32. The number of halogens is 1. The molecule has 0 fully saturated rings. The molecule has 1 aromatic carbocycles. The highest BCUT2D eigenvalue weighted by Crippen LogP contribution is 2.25. The van der Waals surface area contributed by atoms with Crippen LogP contribution < -0.4 is 16.2 Å².